The van der Waals surface area contributed by atoms with Crippen molar-refractivity contribution >= 4 is 11.7 Å². The van der Waals surface area contributed by atoms with Gasteiger partial charge in [0.15, 0.2) is 18.2 Å². The second kappa shape index (κ2) is 8.89. The summed E-state index contributed by atoms with van der Waals surface area (Å²) in [6.07, 6.45) is 2.41. The molecule has 156 valence electrons. The molecule has 1 aromatic carbocycles. The first kappa shape index (κ1) is 19.8. The van der Waals surface area contributed by atoms with Crippen LogP contribution in [0.1, 0.15) is 12.8 Å². The highest BCUT2D eigenvalue weighted by atomic mass is 19.1. The monoisotopic (exact) mass is 411 g/mol. The van der Waals surface area contributed by atoms with Gasteiger partial charge in [-0.05, 0) is 24.3 Å². The molecule has 3 aromatic rings. The van der Waals surface area contributed by atoms with Gasteiger partial charge in [0.1, 0.15) is 5.82 Å². The summed E-state index contributed by atoms with van der Waals surface area (Å²) in [7, 11) is 0. The van der Waals surface area contributed by atoms with Gasteiger partial charge in [-0.2, -0.15) is 4.98 Å². The molecule has 1 aliphatic heterocycles. The Morgan fingerprint density at radius 1 is 1.17 bits per heavy atom. The summed E-state index contributed by atoms with van der Waals surface area (Å²) < 4.78 is 24.1. The molecule has 0 atom stereocenters. The number of carbonyl (C=O) groups is 1. The van der Waals surface area contributed by atoms with E-state index in [1.807, 2.05) is 19.1 Å². The molecule has 3 heterocycles. The zero-order chi connectivity index (χ0) is 20.9. The molecule has 1 amide bonds. The number of para-hydroxylation sites is 1. The average molecular weight is 411 g/mol. The Kier molecular flexibility index (Phi) is 5.87. The van der Waals surface area contributed by atoms with E-state index in [9.17, 15) is 9.18 Å². The molecule has 30 heavy (non-hydrogen) atoms. The van der Waals surface area contributed by atoms with Crippen molar-refractivity contribution in [3.63, 3.8) is 0 Å². The van der Waals surface area contributed by atoms with Crippen LogP contribution in [0.15, 0.2) is 47.1 Å². The zero-order valence-electron chi connectivity index (χ0n) is 16.6. The molecule has 9 heteroatoms. The summed E-state index contributed by atoms with van der Waals surface area (Å²) >= 11 is 0. The predicted octanol–water partition coefficient (Wildman–Crippen LogP) is 2.56. The van der Waals surface area contributed by atoms with Crippen molar-refractivity contribution in [2.24, 2.45) is 0 Å². The number of aryl methyl sites for hydroxylation is 1. The van der Waals surface area contributed by atoms with Crippen LogP contribution in [-0.4, -0.2) is 58.7 Å². The molecule has 0 aliphatic carbocycles. The number of amides is 1. The molecule has 0 N–H and O–H groups in total. The maximum Gasteiger partial charge on any atom is 0.260 e. The van der Waals surface area contributed by atoms with Gasteiger partial charge < -0.3 is 19.1 Å². The zero-order valence-corrected chi connectivity index (χ0v) is 16.6. The van der Waals surface area contributed by atoms with Crippen molar-refractivity contribution in [2.45, 2.75) is 13.3 Å². The lowest BCUT2D eigenvalue weighted by Crippen LogP contribution is -2.50. The molecule has 4 rings (SSSR count). The first-order valence-electron chi connectivity index (χ1n) is 9.83. The van der Waals surface area contributed by atoms with Gasteiger partial charge in [0.05, 0.1) is 0 Å². The summed E-state index contributed by atoms with van der Waals surface area (Å²) in [6, 6.07) is 9.88. The Labute approximate surface area is 173 Å². The predicted molar refractivity (Wildman–Crippen MR) is 108 cm³/mol. The number of halogens is 1. The summed E-state index contributed by atoms with van der Waals surface area (Å²) in [5.74, 6) is 1.39. The smallest absolute Gasteiger partial charge is 0.260 e. The van der Waals surface area contributed by atoms with E-state index in [0.29, 0.717) is 44.3 Å². The number of carbonyl (C=O) groups excluding carboxylic acids is 1. The van der Waals surface area contributed by atoms with Crippen molar-refractivity contribution in [3.05, 3.63) is 54.3 Å². The van der Waals surface area contributed by atoms with E-state index >= 15 is 0 Å². The lowest BCUT2D eigenvalue weighted by atomic mass is 10.2. The van der Waals surface area contributed by atoms with Crippen molar-refractivity contribution in [2.75, 3.05) is 37.7 Å². The fraction of sp³-hybridized carbons (Fsp3) is 0.333. The highest BCUT2D eigenvalue weighted by Crippen LogP contribution is 2.20. The van der Waals surface area contributed by atoms with E-state index in [4.69, 9.17) is 9.26 Å². The molecule has 0 unspecified atom stereocenters. The van der Waals surface area contributed by atoms with Gasteiger partial charge in [0.2, 0.25) is 11.7 Å². The largest absolute Gasteiger partial charge is 0.481 e. The van der Waals surface area contributed by atoms with E-state index in [0.717, 1.165) is 11.4 Å². The number of rotatable bonds is 6. The molecule has 1 aliphatic rings. The maximum atomic E-state index is 13.6. The number of hydrogen-bond acceptors (Lipinski definition) is 7. The maximum absolute atomic E-state index is 13.6. The summed E-state index contributed by atoms with van der Waals surface area (Å²) in [5.41, 5.74) is 0.793. The van der Waals surface area contributed by atoms with E-state index in [1.165, 1.54) is 12.1 Å². The van der Waals surface area contributed by atoms with Gasteiger partial charge in [0, 0.05) is 44.4 Å². The number of aromatic nitrogens is 3. The summed E-state index contributed by atoms with van der Waals surface area (Å²) in [4.78, 5) is 25.0. The van der Waals surface area contributed by atoms with E-state index in [-0.39, 0.29) is 18.3 Å². The minimum atomic E-state index is -0.476. The van der Waals surface area contributed by atoms with Gasteiger partial charge in [-0.15, -0.1) is 0 Å². The minimum Gasteiger partial charge on any atom is -0.481 e. The first-order valence-corrected chi connectivity index (χ1v) is 9.83. The molecular weight excluding hydrogens is 389 g/mol. The lowest BCUT2D eigenvalue weighted by Gasteiger charge is -2.35. The van der Waals surface area contributed by atoms with Gasteiger partial charge >= 0.3 is 0 Å². The SMILES string of the molecule is CCc1nc(-c2ccc(N3CCN(C(=O)COc4ccccc4F)CC3)nc2)no1. The van der Waals surface area contributed by atoms with Crippen LogP contribution < -0.4 is 9.64 Å². The lowest BCUT2D eigenvalue weighted by molar-refractivity contribution is -0.133. The van der Waals surface area contributed by atoms with E-state index in [1.54, 1.807) is 23.2 Å². The Bertz CT molecular complexity index is 1000. The Balaban J connectivity index is 1.29. The van der Waals surface area contributed by atoms with Crippen LogP contribution in [0.4, 0.5) is 10.2 Å². The molecule has 8 nitrogen and oxygen atoms in total. The normalized spacial score (nSPS) is 14.1. The van der Waals surface area contributed by atoms with E-state index < -0.39 is 5.82 Å². The third-order valence-corrected chi connectivity index (χ3v) is 4.92. The number of pyridine rings is 1. The number of anilines is 1. The standard InChI is InChI=1S/C21H22FN5O3/c1-2-19-24-21(25-30-19)15-7-8-18(23-13-15)26-9-11-27(12-10-26)20(28)14-29-17-6-4-3-5-16(17)22/h3-8,13H,2,9-12,14H2,1H3. The second-order valence-corrected chi connectivity index (χ2v) is 6.86. The third kappa shape index (κ3) is 4.40. The Morgan fingerprint density at radius 3 is 2.63 bits per heavy atom. The first-order chi connectivity index (χ1) is 14.6. The topological polar surface area (TPSA) is 84.6 Å². The number of ether oxygens (including phenoxy) is 1. The molecule has 0 bridgehead atoms. The van der Waals surface area contributed by atoms with Crippen LogP contribution in [0.5, 0.6) is 5.75 Å². The summed E-state index contributed by atoms with van der Waals surface area (Å²) in [5, 5.41) is 3.95. The van der Waals surface area contributed by atoms with Gasteiger partial charge in [-0.25, -0.2) is 9.37 Å². The van der Waals surface area contributed by atoms with Crippen LogP contribution in [0.2, 0.25) is 0 Å². The minimum absolute atomic E-state index is 0.0847. The van der Waals surface area contributed by atoms with Gasteiger partial charge in [-0.3, -0.25) is 4.79 Å². The number of benzene rings is 1. The quantitative estimate of drug-likeness (QED) is 0.616. The fourth-order valence-corrected chi connectivity index (χ4v) is 3.20. The number of hydrogen-bond donors (Lipinski definition) is 0. The molecular formula is C21H22FN5O3. The molecule has 2 aromatic heterocycles. The Morgan fingerprint density at radius 2 is 1.97 bits per heavy atom. The average Bonchev–Trinajstić information content (AvgIpc) is 3.28. The molecule has 0 saturated carbocycles. The van der Waals surface area contributed by atoms with Crippen LogP contribution in [0, 0.1) is 5.82 Å². The van der Waals surface area contributed by atoms with Crippen LogP contribution in [-0.2, 0) is 11.2 Å². The molecule has 1 fully saturated rings. The second-order valence-electron chi connectivity index (χ2n) is 6.86. The Hall–Kier alpha value is -3.49. The number of nitrogens with zero attached hydrogens (tertiary/aromatic N) is 5. The van der Waals surface area contributed by atoms with Crippen LogP contribution in [0.3, 0.4) is 0 Å². The number of piperazine rings is 1. The fourth-order valence-electron chi connectivity index (χ4n) is 3.20. The third-order valence-electron chi connectivity index (χ3n) is 4.92. The van der Waals surface area contributed by atoms with Crippen molar-refractivity contribution in [3.8, 4) is 17.1 Å². The summed E-state index contributed by atoms with van der Waals surface area (Å²) in [6.45, 7) is 4.18. The highest BCUT2D eigenvalue weighted by Gasteiger charge is 2.22. The van der Waals surface area contributed by atoms with Crippen molar-refractivity contribution in [1.82, 2.24) is 20.0 Å². The van der Waals surface area contributed by atoms with Crippen LogP contribution in [0.25, 0.3) is 11.4 Å². The van der Waals surface area contributed by atoms with E-state index in [2.05, 4.69) is 20.0 Å². The van der Waals surface area contributed by atoms with Crippen molar-refractivity contribution in [1.29, 1.82) is 0 Å². The van der Waals surface area contributed by atoms with Crippen molar-refractivity contribution < 1.29 is 18.4 Å². The van der Waals surface area contributed by atoms with Gasteiger partial charge in [-0.1, -0.05) is 24.2 Å². The molecule has 0 radical (unpaired) electrons. The van der Waals surface area contributed by atoms with Crippen LogP contribution >= 0.6 is 0 Å². The molecule has 0 spiro atoms. The highest BCUT2D eigenvalue weighted by molar-refractivity contribution is 5.78. The van der Waals surface area contributed by atoms with Gasteiger partial charge in [0.25, 0.3) is 5.91 Å². The molecule has 1 saturated heterocycles.